The first kappa shape index (κ1) is 18.5. The van der Waals surface area contributed by atoms with Gasteiger partial charge in [-0.1, -0.05) is 17.7 Å². The van der Waals surface area contributed by atoms with E-state index >= 15 is 0 Å². The van der Waals surface area contributed by atoms with Gasteiger partial charge in [0.25, 0.3) is 0 Å². The first-order valence-electron chi connectivity index (χ1n) is 8.60. The Morgan fingerprint density at radius 2 is 2.04 bits per heavy atom. The van der Waals surface area contributed by atoms with E-state index in [0.29, 0.717) is 16.6 Å². The number of nitriles is 1. The van der Waals surface area contributed by atoms with Crippen molar-refractivity contribution in [3.8, 4) is 11.8 Å². The molecule has 1 aliphatic rings. The largest absolute Gasteiger partial charge is 0.494 e. The summed E-state index contributed by atoms with van der Waals surface area (Å²) >= 11 is 6.08. The van der Waals surface area contributed by atoms with Crippen LogP contribution in [0, 0.1) is 17.1 Å². The lowest BCUT2D eigenvalue weighted by atomic mass is 10.0. The Bertz CT molecular complexity index is 813. The molecule has 4 nitrogen and oxygen atoms in total. The molecule has 2 aromatic rings. The summed E-state index contributed by atoms with van der Waals surface area (Å²) in [7, 11) is 1.47. The number of methoxy groups -OCH3 is 1. The third-order valence-corrected chi connectivity index (χ3v) is 4.98. The topological polar surface area (TPSA) is 48.3 Å². The zero-order valence-electron chi connectivity index (χ0n) is 14.6. The van der Waals surface area contributed by atoms with Gasteiger partial charge in [0.15, 0.2) is 11.6 Å². The van der Waals surface area contributed by atoms with E-state index in [1.165, 1.54) is 7.11 Å². The second kappa shape index (κ2) is 8.39. The zero-order chi connectivity index (χ0) is 18.5. The third kappa shape index (κ3) is 4.46. The number of halogens is 2. The number of rotatable bonds is 5. The van der Waals surface area contributed by atoms with Gasteiger partial charge in [-0.15, -0.1) is 0 Å². The van der Waals surface area contributed by atoms with Crippen molar-refractivity contribution in [3.05, 3.63) is 58.4 Å². The molecule has 1 N–H and O–H groups in total. The molecule has 0 unspecified atom stereocenters. The van der Waals surface area contributed by atoms with E-state index in [9.17, 15) is 4.39 Å². The van der Waals surface area contributed by atoms with Gasteiger partial charge in [0.2, 0.25) is 0 Å². The zero-order valence-corrected chi connectivity index (χ0v) is 15.4. The Balaban J connectivity index is 1.52. The number of nitrogens with zero attached hydrogens (tertiary/aromatic N) is 2. The van der Waals surface area contributed by atoms with E-state index in [-0.39, 0.29) is 11.6 Å². The van der Waals surface area contributed by atoms with E-state index in [2.05, 4.69) is 16.3 Å². The van der Waals surface area contributed by atoms with Crippen LogP contribution in [0.25, 0.3) is 0 Å². The van der Waals surface area contributed by atoms with Gasteiger partial charge < -0.3 is 10.1 Å². The molecular weight excluding hydrogens is 353 g/mol. The van der Waals surface area contributed by atoms with Crippen LogP contribution in [-0.4, -0.2) is 31.1 Å². The quantitative estimate of drug-likeness (QED) is 0.841. The molecule has 0 aromatic heterocycles. The number of benzene rings is 2. The number of ether oxygens (including phenoxy) is 1. The number of hydrogen-bond donors (Lipinski definition) is 1. The van der Waals surface area contributed by atoms with E-state index < -0.39 is 0 Å². The molecule has 3 rings (SSSR count). The average molecular weight is 374 g/mol. The first-order chi connectivity index (χ1) is 12.6. The molecule has 0 atom stereocenters. The van der Waals surface area contributed by atoms with Crippen LogP contribution in [0.5, 0.6) is 5.75 Å². The maximum Gasteiger partial charge on any atom is 0.165 e. The Morgan fingerprint density at radius 1 is 1.27 bits per heavy atom. The molecule has 26 heavy (non-hydrogen) atoms. The summed E-state index contributed by atoms with van der Waals surface area (Å²) in [5, 5.41) is 12.9. The molecule has 1 aliphatic heterocycles. The van der Waals surface area contributed by atoms with Gasteiger partial charge >= 0.3 is 0 Å². The highest BCUT2D eigenvalue weighted by Crippen LogP contribution is 2.24. The lowest BCUT2D eigenvalue weighted by Crippen LogP contribution is -2.38. The molecule has 1 heterocycles. The summed E-state index contributed by atoms with van der Waals surface area (Å²) in [6.45, 7) is 2.61. The van der Waals surface area contributed by atoms with Crippen LogP contribution in [0.15, 0.2) is 36.4 Å². The number of piperidine rings is 1. The van der Waals surface area contributed by atoms with Gasteiger partial charge in [-0.2, -0.15) is 5.26 Å². The Labute approximate surface area is 158 Å². The first-order valence-corrected chi connectivity index (χ1v) is 8.98. The standard InChI is InChI=1S/C20H21ClFN3O/c1-26-20-5-2-14(10-19(20)22)13-25-8-6-16(7-9-25)24-17-4-3-15(12-23)18(21)11-17/h2-5,10-11,16,24H,6-9,13H2,1H3. The molecule has 1 saturated heterocycles. The van der Waals surface area contributed by atoms with Crippen molar-refractivity contribution in [1.82, 2.24) is 4.90 Å². The number of likely N-dealkylation sites (tertiary alicyclic amines) is 1. The monoisotopic (exact) mass is 373 g/mol. The minimum absolute atomic E-state index is 0.276. The Kier molecular flexibility index (Phi) is 5.97. The second-order valence-electron chi connectivity index (χ2n) is 6.47. The summed E-state index contributed by atoms with van der Waals surface area (Å²) in [4.78, 5) is 2.32. The van der Waals surface area contributed by atoms with Crippen molar-refractivity contribution in [1.29, 1.82) is 5.26 Å². The highest BCUT2D eigenvalue weighted by molar-refractivity contribution is 6.32. The number of anilines is 1. The Hall–Kier alpha value is -2.29. The van der Waals surface area contributed by atoms with Crippen molar-refractivity contribution >= 4 is 17.3 Å². The molecule has 0 aliphatic carbocycles. The fourth-order valence-corrected chi connectivity index (χ4v) is 3.46. The van der Waals surface area contributed by atoms with Crippen molar-refractivity contribution < 1.29 is 9.13 Å². The lowest BCUT2D eigenvalue weighted by molar-refractivity contribution is 0.211. The SMILES string of the molecule is COc1ccc(CN2CCC(Nc3ccc(C#N)c(Cl)c3)CC2)cc1F. The molecule has 0 bridgehead atoms. The third-order valence-electron chi connectivity index (χ3n) is 4.67. The van der Waals surface area contributed by atoms with Gasteiger partial charge in [0.1, 0.15) is 6.07 Å². The van der Waals surface area contributed by atoms with E-state index in [4.69, 9.17) is 21.6 Å². The summed E-state index contributed by atoms with van der Waals surface area (Å²) in [6, 6.07) is 13.0. The predicted molar refractivity (Wildman–Crippen MR) is 101 cm³/mol. The maximum atomic E-state index is 13.8. The smallest absolute Gasteiger partial charge is 0.165 e. The van der Waals surface area contributed by atoms with Crippen molar-refractivity contribution in [2.24, 2.45) is 0 Å². The average Bonchev–Trinajstić information content (AvgIpc) is 2.64. The molecule has 0 saturated carbocycles. The second-order valence-corrected chi connectivity index (χ2v) is 6.88. The van der Waals surface area contributed by atoms with Gasteiger partial charge in [-0.3, -0.25) is 4.90 Å². The lowest BCUT2D eigenvalue weighted by Gasteiger charge is -2.33. The van der Waals surface area contributed by atoms with Crippen LogP contribution in [0.3, 0.4) is 0 Å². The fourth-order valence-electron chi connectivity index (χ4n) is 3.23. The molecule has 0 amide bonds. The highest BCUT2D eigenvalue weighted by atomic mass is 35.5. The maximum absolute atomic E-state index is 13.8. The van der Waals surface area contributed by atoms with Crippen molar-refractivity contribution in [2.45, 2.75) is 25.4 Å². The summed E-state index contributed by atoms with van der Waals surface area (Å²) in [5.74, 6) is -0.0445. The summed E-state index contributed by atoms with van der Waals surface area (Å²) < 4.78 is 18.8. The molecule has 1 fully saturated rings. The van der Waals surface area contributed by atoms with Gasteiger partial charge in [0.05, 0.1) is 17.7 Å². The van der Waals surface area contributed by atoms with Gasteiger partial charge in [-0.25, -0.2) is 4.39 Å². The summed E-state index contributed by atoms with van der Waals surface area (Å²) in [5.41, 5.74) is 2.37. The molecule has 6 heteroatoms. The van der Waals surface area contributed by atoms with E-state index in [0.717, 1.165) is 43.7 Å². The van der Waals surface area contributed by atoms with Crippen LogP contribution >= 0.6 is 11.6 Å². The van der Waals surface area contributed by atoms with Crippen LogP contribution < -0.4 is 10.1 Å². The minimum Gasteiger partial charge on any atom is -0.494 e. The molecule has 2 aromatic carbocycles. The van der Waals surface area contributed by atoms with Crippen LogP contribution in [0.1, 0.15) is 24.0 Å². The van der Waals surface area contributed by atoms with Crippen molar-refractivity contribution in [3.63, 3.8) is 0 Å². The van der Waals surface area contributed by atoms with E-state index in [1.54, 1.807) is 24.3 Å². The summed E-state index contributed by atoms with van der Waals surface area (Å²) in [6.07, 6.45) is 1.99. The molecular formula is C20H21ClFN3O. The Morgan fingerprint density at radius 3 is 2.65 bits per heavy atom. The fraction of sp³-hybridized carbons (Fsp3) is 0.350. The number of hydrogen-bond acceptors (Lipinski definition) is 4. The molecule has 0 radical (unpaired) electrons. The predicted octanol–water partition coefficient (Wildman–Crippen LogP) is 4.44. The molecule has 136 valence electrons. The normalized spacial score (nSPS) is 15.5. The number of nitrogens with one attached hydrogen (secondary N) is 1. The van der Waals surface area contributed by atoms with Crippen LogP contribution in [0.2, 0.25) is 5.02 Å². The van der Waals surface area contributed by atoms with Gasteiger partial charge in [0, 0.05) is 31.4 Å². The minimum atomic E-state index is -0.320. The van der Waals surface area contributed by atoms with Crippen LogP contribution in [0.4, 0.5) is 10.1 Å². The van der Waals surface area contributed by atoms with Crippen LogP contribution in [-0.2, 0) is 6.54 Å². The molecule has 0 spiro atoms. The van der Waals surface area contributed by atoms with E-state index in [1.807, 2.05) is 12.1 Å². The van der Waals surface area contributed by atoms with Gasteiger partial charge in [-0.05, 0) is 48.7 Å². The highest BCUT2D eigenvalue weighted by Gasteiger charge is 2.19. The van der Waals surface area contributed by atoms with Crippen molar-refractivity contribution in [2.75, 3.05) is 25.5 Å².